The fraction of sp³-hybridized carbons (Fsp3) is 0.600. The Labute approximate surface area is 111 Å². The molecule has 0 amide bonds. The summed E-state index contributed by atoms with van der Waals surface area (Å²) in [6.07, 6.45) is 1.01. The monoisotopic (exact) mass is 250 g/mol. The molecular formula is C15H26N2O. The Morgan fingerprint density at radius 3 is 2.44 bits per heavy atom. The Balaban J connectivity index is 2.66. The van der Waals surface area contributed by atoms with Crippen LogP contribution in [0.3, 0.4) is 0 Å². The molecule has 0 aromatic heterocycles. The fourth-order valence-electron chi connectivity index (χ4n) is 1.95. The van der Waals surface area contributed by atoms with Gasteiger partial charge in [-0.3, -0.25) is 0 Å². The Morgan fingerprint density at radius 2 is 1.89 bits per heavy atom. The average Bonchev–Trinajstić information content (AvgIpc) is 2.35. The molecule has 0 unspecified atom stereocenters. The van der Waals surface area contributed by atoms with Gasteiger partial charge in [-0.05, 0) is 63.4 Å². The van der Waals surface area contributed by atoms with Gasteiger partial charge in [-0.25, -0.2) is 0 Å². The van der Waals surface area contributed by atoms with Gasteiger partial charge in [-0.15, -0.1) is 0 Å². The highest BCUT2D eigenvalue weighted by Crippen LogP contribution is 2.24. The maximum Gasteiger partial charge on any atom is 0.122 e. The van der Waals surface area contributed by atoms with E-state index in [4.69, 9.17) is 10.5 Å². The van der Waals surface area contributed by atoms with E-state index in [9.17, 15) is 0 Å². The molecule has 0 radical (unpaired) electrons. The largest absolute Gasteiger partial charge is 0.496 e. The Morgan fingerprint density at radius 1 is 1.22 bits per heavy atom. The highest BCUT2D eigenvalue weighted by atomic mass is 16.5. The van der Waals surface area contributed by atoms with Gasteiger partial charge in [0.15, 0.2) is 0 Å². The number of hydrogen-bond acceptors (Lipinski definition) is 3. The van der Waals surface area contributed by atoms with Crippen molar-refractivity contribution in [3.05, 3.63) is 28.8 Å². The van der Waals surface area contributed by atoms with Crippen molar-refractivity contribution in [3.63, 3.8) is 0 Å². The smallest absolute Gasteiger partial charge is 0.122 e. The van der Waals surface area contributed by atoms with Crippen LogP contribution in [0.5, 0.6) is 5.75 Å². The number of rotatable bonds is 6. The molecule has 0 saturated carbocycles. The molecule has 3 nitrogen and oxygen atoms in total. The van der Waals surface area contributed by atoms with Crippen LogP contribution in [-0.2, 0) is 6.42 Å². The summed E-state index contributed by atoms with van der Waals surface area (Å²) in [6, 6.07) is 4.20. The van der Waals surface area contributed by atoms with Crippen molar-refractivity contribution in [2.45, 2.75) is 39.7 Å². The molecule has 3 heteroatoms. The summed E-state index contributed by atoms with van der Waals surface area (Å²) < 4.78 is 5.32. The molecule has 102 valence electrons. The van der Waals surface area contributed by atoms with Gasteiger partial charge in [-0.2, -0.15) is 0 Å². The number of benzene rings is 1. The molecule has 0 aliphatic carbocycles. The Bertz CT molecular complexity index is 400. The maximum absolute atomic E-state index is 5.70. The van der Waals surface area contributed by atoms with Crippen LogP contribution in [0.1, 0.15) is 30.5 Å². The molecule has 1 aromatic rings. The standard InChI is InChI=1S/C15H26N2O/c1-11-12(2)14(18-5)7-6-13(11)8-9-17-15(3,4)10-16/h6-7,17H,8-10,16H2,1-5H3. The zero-order valence-corrected chi connectivity index (χ0v) is 12.3. The van der Waals surface area contributed by atoms with E-state index >= 15 is 0 Å². The highest BCUT2D eigenvalue weighted by Gasteiger charge is 2.14. The van der Waals surface area contributed by atoms with E-state index in [1.807, 2.05) is 6.07 Å². The van der Waals surface area contributed by atoms with Gasteiger partial charge < -0.3 is 15.8 Å². The van der Waals surface area contributed by atoms with Crippen LogP contribution in [0.2, 0.25) is 0 Å². The lowest BCUT2D eigenvalue weighted by atomic mass is 9.99. The molecule has 0 spiro atoms. The van der Waals surface area contributed by atoms with E-state index in [2.05, 4.69) is 39.1 Å². The quantitative estimate of drug-likeness (QED) is 0.813. The van der Waals surface area contributed by atoms with Gasteiger partial charge in [0.05, 0.1) is 7.11 Å². The van der Waals surface area contributed by atoms with Crippen molar-refractivity contribution in [2.75, 3.05) is 20.2 Å². The lowest BCUT2D eigenvalue weighted by Gasteiger charge is -2.24. The van der Waals surface area contributed by atoms with E-state index in [-0.39, 0.29) is 5.54 Å². The minimum Gasteiger partial charge on any atom is -0.496 e. The second-order valence-corrected chi connectivity index (χ2v) is 5.44. The summed E-state index contributed by atoms with van der Waals surface area (Å²) in [5, 5.41) is 3.48. The van der Waals surface area contributed by atoms with E-state index in [1.54, 1.807) is 7.11 Å². The second-order valence-electron chi connectivity index (χ2n) is 5.44. The highest BCUT2D eigenvalue weighted by molar-refractivity contribution is 5.43. The van der Waals surface area contributed by atoms with Gasteiger partial charge in [0.1, 0.15) is 5.75 Å². The summed E-state index contributed by atoms with van der Waals surface area (Å²) in [4.78, 5) is 0. The zero-order chi connectivity index (χ0) is 13.8. The van der Waals surface area contributed by atoms with Gasteiger partial charge in [-0.1, -0.05) is 6.07 Å². The van der Waals surface area contributed by atoms with Gasteiger partial charge in [0, 0.05) is 12.1 Å². The summed E-state index contributed by atoms with van der Waals surface area (Å²) in [5.74, 6) is 0.964. The third-order valence-corrected chi connectivity index (χ3v) is 3.58. The molecule has 1 rings (SSSR count). The van der Waals surface area contributed by atoms with Crippen LogP contribution >= 0.6 is 0 Å². The molecule has 0 atom stereocenters. The molecule has 1 aromatic carbocycles. The van der Waals surface area contributed by atoms with Crippen molar-refractivity contribution < 1.29 is 4.74 Å². The first-order valence-electron chi connectivity index (χ1n) is 6.49. The minimum atomic E-state index is 0.00935. The van der Waals surface area contributed by atoms with E-state index in [1.165, 1.54) is 16.7 Å². The first kappa shape index (κ1) is 15.0. The minimum absolute atomic E-state index is 0.00935. The lowest BCUT2D eigenvalue weighted by molar-refractivity contribution is 0.401. The van der Waals surface area contributed by atoms with Gasteiger partial charge in [0.25, 0.3) is 0 Å². The van der Waals surface area contributed by atoms with Crippen LogP contribution in [0, 0.1) is 13.8 Å². The van der Waals surface area contributed by atoms with Crippen molar-refractivity contribution >= 4 is 0 Å². The first-order valence-corrected chi connectivity index (χ1v) is 6.49. The molecule has 0 aliphatic rings. The topological polar surface area (TPSA) is 47.3 Å². The van der Waals surface area contributed by atoms with Crippen molar-refractivity contribution in [3.8, 4) is 5.75 Å². The summed E-state index contributed by atoms with van der Waals surface area (Å²) in [5.41, 5.74) is 9.63. The number of hydrogen-bond donors (Lipinski definition) is 2. The van der Waals surface area contributed by atoms with E-state index in [0.29, 0.717) is 6.54 Å². The van der Waals surface area contributed by atoms with E-state index < -0.39 is 0 Å². The van der Waals surface area contributed by atoms with Crippen LogP contribution in [0.4, 0.5) is 0 Å². The van der Waals surface area contributed by atoms with E-state index in [0.717, 1.165) is 18.7 Å². The predicted molar refractivity (Wildman–Crippen MR) is 77.3 cm³/mol. The van der Waals surface area contributed by atoms with Crippen LogP contribution in [0.25, 0.3) is 0 Å². The Kier molecular flexibility index (Phi) is 5.17. The maximum atomic E-state index is 5.70. The average molecular weight is 250 g/mol. The third-order valence-electron chi connectivity index (χ3n) is 3.58. The third kappa shape index (κ3) is 3.72. The lowest BCUT2D eigenvalue weighted by Crippen LogP contribution is -2.46. The molecule has 0 heterocycles. The molecule has 18 heavy (non-hydrogen) atoms. The summed E-state index contributed by atoms with van der Waals surface area (Å²) >= 11 is 0. The van der Waals surface area contributed by atoms with Crippen molar-refractivity contribution in [1.82, 2.24) is 5.32 Å². The second kappa shape index (κ2) is 6.21. The number of nitrogens with two attached hydrogens (primary N) is 1. The molecule has 0 saturated heterocycles. The normalized spacial score (nSPS) is 11.7. The van der Waals surface area contributed by atoms with Gasteiger partial charge in [0.2, 0.25) is 0 Å². The number of ether oxygens (including phenoxy) is 1. The van der Waals surface area contributed by atoms with Crippen molar-refractivity contribution in [2.24, 2.45) is 5.73 Å². The van der Waals surface area contributed by atoms with Gasteiger partial charge >= 0.3 is 0 Å². The molecule has 0 aliphatic heterocycles. The molecule has 0 bridgehead atoms. The molecule has 0 fully saturated rings. The number of methoxy groups -OCH3 is 1. The summed E-state index contributed by atoms with van der Waals surface area (Å²) in [6.45, 7) is 10.1. The molecular weight excluding hydrogens is 224 g/mol. The fourth-order valence-corrected chi connectivity index (χ4v) is 1.95. The van der Waals surface area contributed by atoms with Crippen LogP contribution in [-0.4, -0.2) is 25.7 Å². The predicted octanol–water partition coefficient (Wildman–Crippen LogP) is 2.18. The Hall–Kier alpha value is -1.06. The zero-order valence-electron chi connectivity index (χ0n) is 12.3. The molecule has 3 N–H and O–H groups in total. The number of nitrogens with one attached hydrogen (secondary N) is 1. The first-order chi connectivity index (χ1) is 8.41. The van der Waals surface area contributed by atoms with Crippen molar-refractivity contribution in [1.29, 1.82) is 0 Å². The summed E-state index contributed by atoms with van der Waals surface area (Å²) in [7, 11) is 1.72. The van der Waals surface area contributed by atoms with Crippen LogP contribution < -0.4 is 15.8 Å². The van der Waals surface area contributed by atoms with Crippen LogP contribution in [0.15, 0.2) is 12.1 Å². The SMILES string of the molecule is COc1ccc(CCNC(C)(C)CN)c(C)c1C.